The lowest BCUT2D eigenvalue weighted by Gasteiger charge is -2.22. The van der Waals surface area contributed by atoms with Crippen LogP contribution in [0.15, 0.2) is 30.6 Å². The fraction of sp³-hybridized carbons (Fsp3) is 0.467. The normalized spacial score (nSPS) is 22.1. The summed E-state index contributed by atoms with van der Waals surface area (Å²) in [5, 5.41) is 4.34. The van der Waals surface area contributed by atoms with E-state index in [2.05, 4.69) is 23.1 Å². The lowest BCUT2D eigenvalue weighted by atomic mass is 10.0. The lowest BCUT2D eigenvalue weighted by Crippen LogP contribution is -2.26. The number of nitrogens with zero attached hydrogens (tertiary/aromatic N) is 3. The number of benzene rings is 1. The average molecular weight is 273 g/mol. The van der Waals surface area contributed by atoms with E-state index in [4.69, 9.17) is 9.47 Å². The smallest absolute Gasteiger partial charge is 0.159 e. The van der Waals surface area contributed by atoms with Gasteiger partial charge in [-0.15, -0.1) is 0 Å². The summed E-state index contributed by atoms with van der Waals surface area (Å²) in [5.41, 5.74) is 0.827. The maximum atomic E-state index is 5.86. The van der Waals surface area contributed by atoms with E-state index in [1.165, 1.54) is 0 Å². The van der Waals surface area contributed by atoms with Gasteiger partial charge in [0.15, 0.2) is 5.82 Å². The number of ether oxygens (including phenoxy) is 2. The molecule has 0 radical (unpaired) electrons. The summed E-state index contributed by atoms with van der Waals surface area (Å²) < 4.78 is 13.0. The maximum Gasteiger partial charge on any atom is 0.159 e. The second-order valence-electron chi connectivity index (χ2n) is 5.28. The van der Waals surface area contributed by atoms with E-state index < -0.39 is 0 Å². The van der Waals surface area contributed by atoms with Gasteiger partial charge in [-0.05, 0) is 37.5 Å². The quantitative estimate of drug-likeness (QED) is 0.858. The van der Waals surface area contributed by atoms with Crippen molar-refractivity contribution in [2.45, 2.75) is 31.9 Å². The molecule has 0 spiro atoms. The third-order valence-corrected chi connectivity index (χ3v) is 3.77. The number of aromatic nitrogens is 3. The molecule has 0 saturated carbocycles. The van der Waals surface area contributed by atoms with Crippen LogP contribution in [0.2, 0.25) is 0 Å². The van der Waals surface area contributed by atoms with Gasteiger partial charge in [0.2, 0.25) is 0 Å². The van der Waals surface area contributed by atoms with Crippen LogP contribution in [0.5, 0.6) is 5.75 Å². The molecule has 1 atom stereocenters. The number of methoxy groups -OCH3 is 1. The Morgan fingerprint density at radius 1 is 1.45 bits per heavy atom. The van der Waals surface area contributed by atoms with Gasteiger partial charge in [-0.2, -0.15) is 5.10 Å². The second kappa shape index (κ2) is 5.25. The Morgan fingerprint density at radius 3 is 3.10 bits per heavy atom. The summed E-state index contributed by atoms with van der Waals surface area (Å²) in [6.07, 6.45) is 3.66. The lowest BCUT2D eigenvalue weighted by molar-refractivity contribution is 0.00600. The molecule has 106 valence electrons. The summed E-state index contributed by atoms with van der Waals surface area (Å²) >= 11 is 0. The Kier molecular flexibility index (Phi) is 3.44. The van der Waals surface area contributed by atoms with Crippen LogP contribution in [0.4, 0.5) is 0 Å². The molecule has 1 saturated heterocycles. The van der Waals surface area contributed by atoms with E-state index in [0.717, 1.165) is 36.6 Å². The van der Waals surface area contributed by atoms with Gasteiger partial charge in [0.1, 0.15) is 17.7 Å². The highest BCUT2D eigenvalue weighted by molar-refractivity contribution is 5.28. The van der Waals surface area contributed by atoms with Crippen molar-refractivity contribution in [2.75, 3.05) is 13.7 Å². The van der Waals surface area contributed by atoms with Crippen LogP contribution in [0.3, 0.4) is 0 Å². The van der Waals surface area contributed by atoms with Crippen LogP contribution in [0, 0.1) is 0 Å². The van der Waals surface area contributed by atoms with Gasteiger partial charge in [-0.25, -0.2) is 9.67 Å². The zero-order chi connectivity index (χ0) is 14.0. The minimum atomic E-state index is -0.310. The van der Waals surface area contributed by atoms with Gasteiger partial charge < -0.3 is 9.47 Å². The molecule has 0 bridgehead atoms. The summed E-state index contributed by atoms with van der Waals surface area (Å²) in [5.74, 6) is 1.75. The van der Waals surface area contributed by atoms with Crippen molar-refractivity contribution in [2.24, 2.45) is 0 Å². The van der Waals surface area contributed by atoms with Crippen molar-refractivity contribution in [3.05, 3.63) is 42.0 Å². The molecule has 1 unspecified atom stereocenters. The Hall–Kier alpha value is -1.88. The highest BCUT2D eigenvalue weighted by atomic mass is 16.5. The molecule has 1 aromatic heterocycles. The van der Waals surface area contributed by atoms with Gasteiger partial charge >= 0.3 is 0 Å². The Labute approximate surface area is 118 Å². The fourth-order valence-corrected chi connectivity index (χ4v) is 2.69. The summed E-state index contributed by atoms with van der Waals surface area (Å²) in [4.78, 5) is 4.40. The van der Waals surface area contributed by atoms with E-state index in [1.807, 2.05) is 22.9 Å². The van der Waals surface area contributed by atoms with Crippen molar-refractivity contribution in [1.29, 1.82) is 0 Å². The Morgan fingerprint density at radius 2 is 2.35 bits per heavy atom. The predicted octanol–water partition coefficient (Wildman–Crippen LogP) is 2.36. The highest BCUT2D eigenvalue weighted by Crippen LogP contribution is 2.34. The van der Waals surface area contributed by atoms with Gasteiger partial charge in [0.25, 0.3) is 0 Å². The van der Waals surface area contributed by atoms with Crippen molar-refractivity contribution in [3.63, 3.8) is 0 Å². The molecule has 3 rings (SSSR count). The minimum absolute atomic E-state index is 0.310. The van der Waals surface area contributed by atoms with E-state index in [1.54, 1.807) is 13.4 Å². The number of hydrogen-bond acceptors (Lipinski definition) is 4. The first-order chi connectivity index (χ1) is 9.71. The SMILES string of the molecule is COc1cccc(Cn2ncnc2C2(C)CCCO2)c1. The molecule has 5 nitrogen and oxygen atoms in total. The van der Waals surface area contributed by atoms with E-state index in [-0.39, 0.29) is 5.60 Å². The molecule has 0 aliphatic carbocycles. The Balaban J connectivity index is 1.86. The molecule has 5 heteroatoms. The first-order valence-corrected chi connectivity index (χ1v) is 6.86. The molecule has 0 amide bonds. The molecule has 20 heavy (non-hydrogen) atoms. The molecular formula is C15H19N3O2. The molecule has 1 aliphatic rings. The van der Waals surface area contributed by atoms with Crippen LogP contribution < -0.4 is 4.74 Å². The summed E-state index contributed by atoms with van der Waals surface area (Å²) in [6, 6.07) is 8.00. The van der Waals surface area contributed by atoms with E-state index >= 15 is 0 Å². The minimum Gasteiger partial charge on any atom is -0.497 e. The summed E-state index contributed by atoms with van der Waals surface area (Å²) in [7, 11) is 1.67. The van der Waals surface area contributed by atoms with Crippen LogP contribution in [0.1, 0.15) is 31.2 Å². The van der Waals surface area contributed by atoms with Crippen LogP contribution >= 0.6 is 0 Å². The maximum absolute atomic E-state index is 5.86. The van der Waals surface area contributed by atoms with Gasteiger partial charge in [0.05, 0.1) is 13.7 Å². The van der Waals surface area contributed by atoms with Crippen LogP contribution in [0.25, 0.3) is 0 Å². The highest BCUT2D eigenvalue weighted by Gasteiger charge is 2.36. The molecule has 1 aliphatic heterocycles. The number of hydrogen-bond donors (Lipinski definition) is 0. The summed E-state index contributed by atoms with van der Waals surface area (Å²) in [6.45, 7) is 3.56. The first-order valence-electron chi connectivity index (χ1n) is 6.86. The van der Waals surface area contributed by atoms with Crippen molar-refractivity contribution < 1.29 is 9.47 Å². The van der Waals surface area contributed by atoms with E-state index in [9.17, 15) is 0 Å². The second-order valence-corrected chi connectivity index (χ2v) is 5.28. The molecule has 1 fully saturated rings. The molecule has 1 aromatic carbocycles. The third kappa shape index (κ3) is 2.41. The van der Waals surface area contributed by atoms with Crippen LogP contribution in [-0.2, 0) is 16.9 Å². The van der Waals surface area contributed by atoms with Crippen molar-refractivity contribution >= 4 is 0 Å². The zero-order valence-corrected chi connectivity index (χ0v) is 11.9. The molecule has 2 aromatic rings. The van der Waals surface area contributed by atoms with Crippen molar-refractivity contribution in [1.82, 2.24) is 14.8 Å². The predicted molar refractivity (Wildman–Crippen MR) is 74.7 cm³/mol. The third-order valence-electron chi connectivity index (χ3n) is 3.77. The zero-order valence-electron chi connectivity index (χ0n) is 11.9. The topological polar surface area (TPSA) is 49.2 Å². The Bertz CT molecular complexity index is 588. The average Bonchev–Trinajstić information content (AvgIpc) is 3.09. The van der Waals surface area contributed by atoms with Gasteiger partial charge in [0, 0.05) is 6.61 Å². The fourth-order valence-electron chi connectivity index (χ4n) is 2.69. The monoisotopic (exact) mass is 273 g/mol. The molecular weight excluding hydrogens is 254 g/mol. The largest absolute Gasteiger partial charge is 0.497 e. The van der Waals surface area contributed by atoms with Gasteiger partial charge in [-0.3, -0.25) is 0 Å². The standard InChI is InChI=1S/C15H19N3O2/c1-15(7-4-8-20-15)14-16-11-17-18(14)10-12-5-3-6-13(9-12)19-2/h3,5-6,9,11H,4,7-8,10H2,1-2H3. The molecule has 0 N–H and O–H groups in total. The van der Waals surface area contributed by atoms with Crippen LogP contribution in [-0.4, -0.2) is 28.5 Å². The number of rotatable bonds is 4. The van der Waals surface area contributed by atoms with Crippen molar-refractivity contribution in [3.8, 4) is 5.75 Å². The molecule has 2 heterocycles. The first kappa shape index (κ1) is 13.1. The van der Waals surface area contributed by atoms with E-state index in [0.29, 0.717) is 6.54 Å². The van der Waals surface area contributed by atoms with Gasteiger partial charge in [-0.1, -0.05) is 12.1 Å².